The molecule has 0 aliphatic rings. The highest BCUT2D eigenvalue weighted by Crippen LogP contribution is 2.57. The van der Waals surface area contributed by atoms with E-state index in [0.29, 0.717) is 0 Å². The van der Waals surface area contributed by atoms with E-state index in [-0.39, 0.29) is 0 Å². The van der Waals surface area contributed by atoms with Crippen molar-refractivity contribution in [3.8, 4) is 0 Å². The molecule has 0 saturated carbocycles. The van der Waals surface area contributed by atoms with E-state index in [1.165, 1.54) is 25.5 Å². The Morgan fingerprint density at radius 3 is 1.16 bits per heavy atom. The molecule has 0 N–H and O–H groups in total. The topological polar surface area (TPSA) is 0 Å². The van der Waals surface area contributed by atoms with E-state index in [1.54, 1.807) is 39.9 Å². The first-order valence-corrected chi connectivity index (χ1v) is 23.0. The molecule has 0 bridgehead atoms. The molecule has 7 aromatic heterocycles. The van der Waals surface area contributed by atoms with E-state index in [2.05, 4.69) is 74.1 Å². The zero-order chi connectivity index (χ0) is 21.4. The molecule has 7 aromatic rings. The Morgan fingerprint density at radius 1 is 0.452 bits per heavy atom. The molecule has 0 unspecified atom stereocenters. The third kappa shape index (κ3) is 2.75. The zero-order valence-electron chi connectivity index (χ0n) is 18.0. The fourth-order valence-corrected chi connectivity index (χ4v) is 18.5. The van der Waals surface area contributed by atoms with E-state index >= 15 is 0 Å². The number of thiophene rings is 7. The highest BCUT2D eigenvalue weighted by atomic mass is 32.2. The number of hydrogen-bond acceptors (Lipinski definition) is 7. The van der Waals surface area contributed by atoms with Crippen molar-refractivity contribution >= 4 is 161 Å². The maximum atomic E-state index is 2.52. The molecule has 0 aliphatic carbocycles. The summed E-state index contributed by atoms with van der Waals surface area (Å²) in [6, 6.07) is 5.04. The van der Waals surface area contributed by atoms with Gasteiger partial charge in [-0.1, -0.05) is 39.3 Å². The van der Waals surface area contributed by atoms with Crippen molar-refractivity contribution in [1.29, 1.82) is 0 Å². The molecular formula is C22H20S7Si2. The maximum absolute atomic E-state index is 2.52. The van der Waals surface area contributed by atoms with Gasteiger partial charge in [-0.25, -0.2) is 0 Å². The van der Waals surface area contributed by atoms with Crippen molar-refractivity contribution in [2.45, 2.75) is 39.3 Å². The van der Waals surface area contributed by atoms with Gasteiger partial charge >= 0.3 is 0 Å². The molecule has 9 heteroatoms. The highest BCUT2D eigenvalue weighted by molar-refractivity contribution is 7.59. The van der Waals surface area contributed by atoms with Crippen LogP contribution in [-0.4, -0.2) is 16.1 Å². The van der Waals surface area contributed by atoms with Crippen LogP contribution in [0.2, 0.25) is 39.3 Å². The summed E-state index contributed by atoms with van der Waals surface area (Å²) in [6.45, 7) is 14.9. The summed E-state index contributed by atoms with van der Waals surface area (Å²) in [7, 11) is -2.57. The van der Waals surface area contributed by atoms with Crippen molar-refractivity contribution in [2.75, 3.05) is 0 Å². The predicted octanol–water partition coefficient (Wildman–Crippen LogP) is 10.1. The summed E-state index contributed by atoms with van der Waals surface area (Å²) in [4.78, 5) is 0. The number of hydrogen-bond donors (Lipinski definition) is 0. The Hall–Kier alpha value is -0.106. The summed E-state index contributed by atoms with van der Waals surface area (Å²) in [6.07, 6.45) is 0. The van der Waals surface area contributed by atoms with E-state index in [9.17, 15) is 0 Å². The van der Waals surface area contributed by atoms with Gasteiger partial charge in [0.1, 0.15) is 0 Å². The first kappa shape index (κ1) is 20.3. The lowest BCUT2D eigenvalue weighted by molar-refractivity contribution is 1.79. The van der Waals surface area contributed by atoms with Crippen molar-refractivity contribution in [3.05, 3.63) is 12.1 Å². The van der Waals surface area contributed by atoms with E-state index in [1.807, 2.05) is 56.7 Å². The zero-order valence-corrected chi connectivity index (χ0v) is 25.7. The number of rotatable bonds is 2. The molecule has 0 spiro atoms. The Bertz CT molecular complexity index is 1680. The smallest absolute Gasteiger partial charge is 0.0908 e. The van der Waals surface area contributed by atoms with Crippen molar-refractivity contribution in [1.82, 2.24) is 0 Å². The molecule has 0 aromatic carbocycles. The van der Waals surface area contributed by atoms with Gasteiger partial charge in [0, 0.05) is 30.9 Å². The summed E-state index contributed by atoms with van der Waals surface area (Å²) in [5, 5.41) is 6.29. The van der Waals surface area contributed by atoms with Gasteiger partial charge in [-0.05, 0) is 21.1 Å². The molecule has 7 rings (SSSR count). The van der Waals surface area contributed by atoms with Gasteiger partial charge < -0.3 is 0 Å². The minimum absolute atomic E-state index is 1.28. The first-order chi connectivity index (χ1) is 14.6. The minimum Gasteiger partial charge on any atom is -0.143 e. The van der Waals surface area contributed by atoms with Gasteiger partial charge in [-0.3, -0.25) is 0 Å². The van der Waals surface area contributed by atoms with Crippen LogP contribution >= 0.6 is 79.4 Å². The Kier molecular flexibility index (Phi) is 4.13. The molecule has 7 heterocycles. The SMILES string of the molecule is C[Si](C)(C)c1cc2sc3sc4sc5sc6sc7cc([Si](C)(C)C)sc7c6c5c4c3c2s1. The molecule has 0 nitrogen and oxygen atoms in total. The fourth-order valence-electron chi connectivity index (χ4n) is 4.21. The van der Waals surface area contributed by atoms with Crippen LogP contribution in [-0.2, 0) is 0 Å². The standard InChI is InChI=1S/C22H20S7Si2/c1-30(2,3)11-7-9-17(25-11)15-13-14-16-18-10(8-12(26-18)31(4,5)6)24-22(16)29-20(14)27-19(13)28-21(15)23-9/h7-8H,1-6H3. The largest absolute Gasteiger partial charge is 0.143 e. The molecule has 0 fully saturated rings. The lowest BCUT2D eigenvalue weighted by Gasteiger charge is -2.12. The second-order valence-corrected chi connectivity index (χ2v) is 29.4. The summed E-state index contributed by atoms with van der Waals surface area (Å²) < 4.78 is 15.6. The average Bonchev–Trinajstić information content (AvgIpc) is 3.39. The molecule has 0 radical (unpaired) electrons. The summed E-state index contributed by atoms with van der Waals surface area (Å²) in [5.74, 6) is 0. The van der Waals surface area contributed by atoms with Crippen LogP contribution in [0.25, 0.3) is 56.4 Å². The van der Waals surface area contributed by atoms with Gasteiger partial charge in [0.2, 0.25) is 0 Å². The van der Waals surface area contributed by atoms with Gasteiger partial charge in [0.15, 0.2) is 0 Å². The van der Waals surface area contributed by atoms with Crippen LogP contribution in [0.5, 0.6) is 0 Å². The van der Waals surface area contributed by atoms with Crippen LogP contribution in [0.15, 0.2) is 12.1 Å². The van der Waals surface area contributed by atoms with Gasteiger partial charge in [0.25, 0.3) is 0 Å². The Labute approximate surface area is 210 Å². The molecule has 31 heavy (non-hydrogen) atoms. The monoisotopic (exact) mass is 564 g/mol. The first-order valence-electron chi connectivity index (χ1n) is 10.3. The van der Waals surface area contributed by atoms with Gasteiger partial charge in [-0.15, -0.1) is 79.4 Å². The second kappa shape index (κ2) is 6.31. The highest BCUT2D eigenvalue weighted by Gasteiger charge is 2.27. The molecular weight excluding hydrogens is 545 g/mol. The predicted molar refractivity (Wildman–Crippen MR) is 163 cm³/mol. The third-order valence-electron chi connectivity index (χ3n) is 5.86. The van der Waals surface area contributed by atoms with Gasteiger partial charge in [0.05, 0.1) is 41.6 Å². The van der Waals surface area contributed by atoms with Crippen molar-refractivity contribution in [2.24, 2.45) is 0 Å². The third-order valence-corrected chi connectivity index (χ3v) is 21.8. The number of fused-ring (bicyclic) bond motifs is 11. The van der Waals surface area contributed by atoms with Crippen LogP contribution in [0.1, 0.15) is 0 Å². The second-order valence-electron chi connectivity index (χ2n) is 10.3. The Balaban J connectivity index is 1.64. The Morgan fingerprint density at radius 2 is 0.806 bits per heavy atom. The summed E-state index contributed by atoms with van der Waals surface area (Å²) >= 11 is 14.4. The van der Waals surface area contributed by atoms with Crippen LogP contribution in [0.4, 0.5) is 0 Å². The van der Waals surface area contributed by atoms with Crippen LogP contribution in [0, 0.1) is 0 Å². The molecule has 0 atom stereocenters. The molecule has 0 amide bonds. The maximum Gasteiger partial charge on any atom is 0.0908 e. The molecule has 0 aliphatic heterocycles. The lowest BCUT2D eigenvalue weighted by Crippen LogP contribution is -2.34. The molecule has 0 saturated heterocycles. The average molecular weight is 565 g/mol. The quantitative estimate of drug-likeness (QED) is 0.183. The summed E-state index contributed by atoms with van der Waals surface area (Å²) in [5.41, 5.74) is 0. The fraction of sp³-hybridized carbons (Fsp3) is 0.273. The van der Waals surface area contributed by atoms with Crippen molar-refractivity contribution in [3.63, 3.8) is 0 Å². The van der Waals surface area contributed by atoms with E-state index in [0.717, 1.165) is 0 Å². The van der Waals surface area contributed by atoms with Crippen molar-refractivity contribution < 1.29 is 0 Å². The molecule has 158 valence electrons. The van der Waals surface area contributed by atoms with E-state index < -0.39 is 16.1 Å². The van der Waals surface area contributed by atoms with Gasteiger partial charge in [-0.2, -0.15) is 0 Å². The normalized spacial score (nSPS) is 14.1. The van der Waals surface area contributed by atoms with E-state index in [4.69, 9.17) is 0 Å². The lowest BCUT2D eigenvalue weighted by atomic mass is 10.2. The van der Waals surface area contributed by atoms with Crippen LogP contribution < -0.4 is 9.00 Å². The van der Waals surface area contributed by atoms with Crippen LogP contribution in [0.3, 0.4) is 0 Å². The minimum atomic E-state index is -1.28.